The highest BCUT2D eigenvalue weighted by molar-refractivity contribution is 5.35. The zero-order valence-electron chi connectivity index (χ0n) is 12.1. The predicted molar refractivity (Wildman–Crippen MR) is 76.4 cm³/mol. The first-order chi connectivity index (χ1) is 10.1. The zero-order chi connectivity index (χ0) is 15.2. The zero-order valence-corrected chi connectivity index (χ0v) is 12.1. The van der Waals surface area contributed by atoms with Crippen LogP contribution >= 0.6 is 0 Å². The van der Waals surface area contributed by atoms with E-state index in [1.165, 1.54) is 6.07 Å². The number of ether oxygens (including phenoxy) is 1. The van der Waals surface area contributed by atoms with Crippen LogP contribution in [0, 0.1) is 0 Å². The summed E-state index contributed by atoms with van der Waals surface area (Å²) in [6.45, 7) is 0.0732. The van der Waals surface area contributed by atoms with Crippen molar-refractivity contribution in [2.24, 2.45) is 7.05 Å². The quantitative estimate of drug-likeness (QED) is 0.853. The van der Waals surface area contributed by atoms with Gasteiger partial charge in [-0.15, -0.1) is 0 Å². The average Bonchev–Trinajstić information content (AvgIpc) is 2.85. The van der Waals surface area contributed by atoms with Crippen molar-refractivity contribution in [2.75, 3.05) is 6.54 Å². The third-order valence-electron chi connectivity index (χ3n) is 3.07. The van der Waals surface area contributed by atoms with Crippen molar-refractivity contribution in [1.82, 2.24) is 15.1 Å². The number of halogens is 2. The van der Waals surface area contributed by atoms with Crippen LogP contribution < -0.4 is 10.1 Å². The molecule has 0 saturated carbocycles. The van der Waals surface area contributed by atoms with Gasteiger partial charge in [-0.3, -0.25) is 4.68 Å². The lowest BCUT2D eigenvalue weighted by atomic mass is 10.0. The molecular weight excluding hydrogens is 276 g/mol. The van der Waals surface area contributed by atoms with Gasteiger partial charge < -0.3 is 10.1 Å². The van der Waals surface area contributed by atoms with E-state index in [0.29, 0.717) is 0 Å². The summed E-state index contributed by atoms with van der Waals surface area (Å²) in [4.78, 5) is 0. The molecular formula is C15H19F2N3O. The lowest BCUT2D eigenvalue weighted by Gasteiger charge is -2.18. The van der Waals surface area contributed by atoms with E-state index in [1.807, 2.05) is 19.3 Å². The van der Waals surface area contributed by atoms with Gasteiger partial charge in [0.25, 0.3) is 0 Å². The van der Waals surface area contributed by atoms with Gasteiger partial charge in [0.05, 0.1) is 12.2 Å². The van der Waals surface area contributed by atoms with Gasteiger partial charge in [-0.05, 0) is 30.7 Å². The van der Waals surface area contributed by atoms with Crippen LogP contribution in [0.3, 0.4) is 0 Å². The summed E-state index contributed by atoms with van der Waals surface area (Å²) in [6, 6.07) is 6.66. The van der Waals surface area contributed by atoms with Gasteiger partial charge in [-0.25, -0.2) is 0 Å². The number of aryl methyl sites for hydroxylation is 1. The molecule has 0 aliphatic heterocycles. The lowest BCUT2D eigenvalue weighted by Crippen LogP contribution is -2.23. The molecule has 0 amide bonds. The van der Waals surface area contributed by atoms with Crippen molar-refractivity contribution in [1.29, 1.82) is 0 Å². The van der Waals surface area contributed by atoms with E-state index < -0.39 is 6.61 Å². The standard InChI is InChI=1S/C15H19F2N3O/c1-3-7-18-14(12-9-19-20(2)10-12)11-5-4-6-13(8-11)21-15(16)17/h4-6,8-10,14-15,18H,3,7H2,1-2H3. The second-order valence-electron chi connectivity index (χ2n) is 4.79. The van der Waals surface area contributed by atoms with Crippen LogP contribution in [0.25, 0.3) is 0 Å². The van der Waals surface area contributed by atoms with Crippen molar-refractivity contribution in [3.8, 4) is 5.75 Å². The Bertz CT molecular complexity index is 572. The molecule has 2 aromatic rings. The van der Waals surface area contributed by atoms with Crippen LogP contribution in [0.2, 0.25) is 0 Å². The van der Waals surface area contributed by atoms with Crippen LogP contribution in [0.1, 0.15) is 30.5 Å². The summed E-state index contributed by atoms with van der Waals surface area (Å²) in [7, 11) is 1.84. The highest BCUT2D eigenvalue weighted by Crippen LogP contribution is 2.25. The SMILES string of the molecule is CCCNC(c1cccc(OC(F)F)c1)c1cnn(C)c1. The van der Waals surface area contributed by atoms with Crippen LogP contribution in [0.15, 0.2) is 36.7 Å². The molecule has 1 atom stereocenters. The van der Waals surface area contributed by atoms with Crippen LogP contribution in [0.5, 0.6) is 5.75 Å². The number of hydrogen-bond donors (Lipinski definition) is 1. The average molecular weight is 295 g/mol. The summed E-state index contributed by atoms with van der Waals surface area (Å²) >= 11 is 0. The van der Waals surface area contributed by atoms with Gasteiger partial charge >= 0.3 is 6.61 Å². The van der Waals surface area contributed by atoms with Crippen molar-refractivity contribution in [2.45, 2.75) is 26.0 Å². The number of nitrogens with zero attached hydrogens (tertiary/aromatic N) is 2. The minimum absolute atomic E-state index is 0.0973. The van der Waals surface area contributed by atoms with Crippen LogP contribution in [0.4, 0.5) is 8.78 Å². The molecule has 0 aliphatic carbocycles. The molecule has 1 unspecified atom stereocenters. The van der Waals surface area contributed by atoms with E-state index >= 15 is 0 Å². The lowest BCUT2D eigenvalue weighted by molar-refractivity contribution is -0.0498. The van der Waals surface area contributed by atoms with Crippen molar-refractivity contribution < 1.29 is 13.5 Å². The molecule has 4 nitrogen and oxygen atoms in total. The fourth-order valence-electron chi connectivity index (χ4n) is 2.18. The Labute approximate surface area is 122 Å². The molecule has 0 saturated heterocycles. The summed E-state index contributed by atoms with van der Waals surface area (Å²) in [6.07, 6.45) is 4.66. The number of benzene rings is 1. The maximum Gasteiger partial charge on any atom is 0.387 e. The van der Waals surface area contributed by atoms with E-state index in [0.717, 1.165) is 24.1 Å². The first-order valence-corrected chi connectivity index (χ1v) is 6.87. The molecule has 114 valence electrons. The normalized spacial score (nSPS) is 12.6. The molecule has 0 radical (unpaired) electrons. The van der Waals surface area contributed by atoms with Crippen molar-refractivity contribution in [3.05, 3.63) is 47.8 Å². The van der Waals surface area contributed by atoms with Crippen LogP contribution in [-0.4, -0.2) is 22.9 Å². The Morgan fingerprint density at radius 3 is 2.76 bits per heavy atom. The Kier molecular flexibility index (Phi) is 5.27. The van der Waals surface area contributed by atoms with E-state index in [4.69, 9.17) is 0 Å². The Balaban J connectivity index is 2.27. The molecule has 2 rings (SSSR count). The van der Waals surface area contributed by atoms with E-state index in [9.17, 15) is 8.78 Å². The van der Waals surface area contributed by atoms with Gasteiger partial charge in [0.2, 0.25) is 0 Å². The largest absolute Gasteiger partial charge is 0.435 e. The summed E-state index contributed by atoms with van der Waals surface area (Å²) < 4.78 is 30.8. The van der Waals surface area contributed by atoms with Crippen molar-refractivity contribution >= 4 is 0 Å². The molecule has 0 spiro atoms. The Morgan fingerprint density at radius 2 is 2.14 bits per heavy atom. The number of nitrogens with one attached hydrogen (secondary N) is 1. The van der Waals surface area contributed by atoms with E-state index in [2.05, 4.69) is 22.1 Å². The first-order valence-electron chi connectivity index (χ1n) is 6.87. The molecule has 0 bridgehead atoms. The Hall–Kier alpha value is -1.95. The third-order valence-corrected chi connectivity index (χ3v) is 3.07. The number of hydrogen-bond acceptors (Lipinski definition) is 3. The van der Waals surface area contributed by atoms with Gasteiger partial charge in [0.15, 0.2) is 0 Å². The molecule has 1 aromatic carbocycles. The number of rotatable bonds is 7. The maximum atomic E-state index is 12.3. The molecule has 6 heteroatoms. The van der Waals surface area contributed by atoms with Gasteiger partial charge in [-0.1, -0.05) is 19.1 Å². The highest BCUT2D eigenvalue weighted by Gasteiger charge is 2.16. The topological polar surface area (TPSA) is 39.1 Å². The molecule has 1 heterocycles. The van der Waals surface area contributed by atoms with E-state index in [-0.39, 0.29) is 11.8 Å². The van der Waals surface area contributed by atoms with Gasteiger partial charge in [0, 0.05) is 18.8 Å². The molecule has 1 aromatic heterocycles. The Morgan fingerprint density at radius 1 is 1.33 bits per heavy atom. The highest BCUT2D eigenvalue weighted by atomic mass is 19.3. The minimum atomic E-state index is -2.82. The monoisotopic (exact) mass is 295 g/mol. The van der Waals surface area contributed by atoms with Crippen molar-refractivity contribution in [3.63, 3.8) is 0 Å². The number of aromatic nitrogens is 2. The summed E-state index contributed by atoms with van der Waals surface area (Å²) in [5.41, 5.74) is 1.86. The third kappa shape index (κ3) is 4.26. The summed E-state index contributed by atoms with van der Waals surface area (Å²) in [5.74, 6) is 0.162. The second-order valence-corrected chi connectivity index (χ2v) is 4.79. The molecule has 1 N–H and O–H groups in total. The number of alkyl halides is 2. The first kappa shape index (κ1) is 15.4. The molecule has 0 fully saturated rings. The van der Waals surface area contributed by atoms with Gasteiger partial charge in [0.1, 0.15) is 5.75 Å². The van der Waals surface area contributed by atoms with E-state index in [1.54, 1.807) is 23.0 Å². The summed E-state index contributed by atoms with van der Waals surface area (Å²) in [5, 5.41) is 7.57. The fraction of sp³-hybridized carbons (Fsp3) is 0.400. The predicted octanol–water partition coefficient (Wildman–Crippen LogP) is 3.11. The fourth-order valence-corrected chi connectivity index (χ4v) is 2.18. The minimum Gasteiger partial charge on any atom is -0.435 e. The second kappa shape index (κ2) is 7.17. The molecule has 0 aliphatic rings. The van der Waals surface area contributed by atoms with Crippen LogP contribution in [-0.2, 0) is 7.05 Å². The smallest absolute Gasteiger partial charge is 0.387 e. The van der Waals surface area contributed by atoms with Gasteiger partial charge in [-0.2, -0.15) is 13.9 Å². The maximum absolute atomic E-state index is 12.3. The molecule has 21 heavy (non-hydrogen) atoms.